The van der Waals surface area contributed by atoms with E-state index < -0.39 is 0 Å². The van der Waals surface area contributed by atoms with Gasteiger partial charge in [-0.05, 0) is 35.4 Å². The van der Waals surface area contributed by atoms with Crippen molar-refractivity contribution in [1.82, 2.24) is 5.32 Å². The van der Waals surface area contributed by atoms with Gasteiger partial charge in [0.2, 0.25) is 0 Å². The van der Waals surface area contributed by atoms with Gasteiger partial charge in [0.15, 0.2) is 0 Å². The van der Waals surface area contributed by atoms with Crippen LogP contribution in [0.1, 0.15) is 23.6 Å². The quantitative estimate of drug-likeness (QED) is 0.380. The highest BCUT2D eigenvalue weighted by Crippen LogP contribution is 2.35. The standard InChI is InChI=1S/C24H25ClN2/c1-2-26-17-18-27-22-15-13-20(14-16-22)23(19-9-5-3-6-10-19)24(25)21-11-7-4-8-12-21/h3-16,26-27H,2,17-18H2,1H3. The molecule has 2 N–H and O–H groups in total. The third kappa shape index (κ3) is 5.22. The molecule has 3 heteroatoms. The zero-order chi connectivity index (χ0) is 18.9. The summed E-state index contributed by atoms with van der Waals surface area (Å²) in [5.41, 5.74) is 5.39. The molecule has 3 aromatic carbocycles. The lowest BCUT2D eigenvalue weighted by molar-refractivity contribution is 0.739. The second kappa shape index (κ2) is 9.96. The first-order valence-corrected chi connectivity index (χ1v) is 9.73. The number of anilines is 1. The summed E-state index contributed by atoms with van der Waals surface area (Å²) in [5, 5.41) is 7.51. The minimum absolute atomic E-state index is 0.759. The molecule has 0 fully saturated rings. The second-order valence-corrected chi connectivity index (χ2v) is 6.66. The Morgan fingerprint density at radius 3 is 1.85 bits per heavy atom. The number of rotatable bonds is 8. The first-order valence-electron chi connectivity index (χ1n) is 9.35. The molecule has 27 heavy (non-hydrogen) atoms. The zero-order valence-electron chi connectivity index (χ0n) is 15.6. The van der Waals surface area contributed by atoms with Crippen LogP contribution >= 0.6 is 11.6 Å². The maximum atomic E-state index is 6.86. The average molecular weight is 377 g/mol. The van der Waals surface area contributed by atoms with Gasteiger partial charge in [0.05, 0.1) is 5.03 Å². The van der Waals surface area contributed by atoms with Gasteiger partial charge in [-0.3, -0.25) is 0 Å². The highest BCUT2D eigenvalue weighted by atomic mass is 35.5. The summed E-state index contributed by atoms with van der Waals surface area (Å²) < 4.78 is 0. The van der Waals surface area contributed by atoms with Gasteiger partial charge in [-0.15, -0.1) is 0 Å². The minimum atomic E-state index is 0.759. The maximum Gasteiger partial charge on any atom is 0.0562 e. The molecular weight excluding hydrogens is 352 g/mol. The number of hydrogen-bond acceptors (Lipinski definition) is 2. The van der Waals surface area contributed by atoms with Crippen molar-refractivity contribution in [2.24, 2.45) is 0 Å². The first kappa shape index (κ1) is 19.2. The highest BCUT2D eigenvalue weighted by Gasteiger charge is 2.12. The molecule has 0 saturated heterocycles. The fourth-order valence-electron chi connectivity index (χ4n) is 2.98. The van der Waals surface area contributed by atoms with Crippen molar-refractivity contribution in [3.05, 3.63) is 102 Å². The maximum absolute atomic E-state index is 6.86. The Bertz CT molecular complexity index is 856. The van der Waals surface area contributed by atoms with E-state index in [2.05, 4.69) is 54.0 Å². The fraction of sp³-hybridized carbons (Fsp3) is 0.167. The van der Waals surface area contributed by atoms with Gasteiger partial charge in [-0.2, -0.15) is 0 Å². The average Bonchev–Trinajstić information content (AvgIpc) is 2.74. The predicted octanol–water partition coefficient (Wildman–Crippen LogP) is 5.86. The fourth-order valence-corrected chi connectivity index (χ4v) is 3.32. The molecule has 0 aliphatic heterocycles. The van der Waals surface area contributed by atoms with E-state index >= 15 is 0 Å². The lowest BCUT2D eigenvalue weighted by Gasteiger charge is -2.14. The van der Waals surface area contributed by atoms with Crippen LogP contribution < -0.4 is 10.6 Å². The molecule has 0 amide bonds. The summed E-state index contributed by atoms with van der Waals surface area (Å²) in [6.45, 7) is 4.96. The molecule has 0 spiro atoms. The van der Waals surface area contributed by atoms with Gasteiger partial charge >= 0.3 is 0 Å². The van der Waals surface area contributed by atoms with Crippen LogP contribution in [0.3, 0.4) is 0 Å². The molecule has 0 heterocycles. The van der Waals surface area contributed by atoms with Crippen molar-refractivity contribution in [3.8, 4) is 0 Å². The van der Waals surface area contributed by atoms with E-state index in [1.807, 2.05) is 48.5 Å². The monoisotopic (exact) mass is 376 g/mol. The largest absolute Gasteiger partial charge is 0.384 e. The van der Waals surface area contributed by atoms with Crippen molar-refractivity contribution >= 4 is 27.9 Å². The van der Waals surface area contributed by atoms with Crippen LogP contribution in [0.5, 0.6) is 0 Å². The van der Waals surface area contributed by atoms with Gasteiger partial charge in [-0.25, -0.2) is 0 Å². The SMILES string of the molecule is CCNCCNc1ccc(C(=C(Cl)c2ccccc2)c2ccccc2)cc1. The molecule has 2 nitrogen and oxygen atoms in total. The van der Waals surface area contributed by atoms with Crippen LogP contribution in [-0.4, -0.2) is 19.6 Å². The van der Waals surface area contributed by atoms with Crippen molar-refractivity contribution in [3.63, 3.8) is 0 Å². The third-order valence-corrected chi connectivity index (χ3v) is 4.77. The smallest absolute Gasteiger partial charge is 0.0562 e. The second-order valence-electron chi connectivity index (χ2n) is 6.28. The Hall–Kier alpha value is -2.55. The molecule has 0 bridgehead atoms. The molecule has 0 aliphatic rings. The number of benzene rings is 3. The van der Waals surface area contributed by atoms with Gasteiger partial charge in [0.25, 0.3) is 0 Å². The van der Waals surface area contributed by atoms with E-state index in [1.165, 1.54) is 0 Å². The number of hydrogen-bond donors (Lipinski definition) is 2. The lowest BCUT2D eigenvalue weighted by Crippen LogP contribution is -2.21. The molecule has 0 aliphatic carbocycles. The summed E-state index contributed by atoms with van der Waals surface area (Å²) in [5.74, 6) is 0. The molecule has 0 aromatic heterocycles. The number of halogens is 1. The molecule has 0 unspecified atom stereocenters. The Morgan fingerprint density at radius 2 is 1.26 bits per heavy atom. The van der Waals surface area contributed by atoms with Crippen LogP contribution in [0.25, 0.3) is 10.6 Å². The molecule has 0 saturated carbocycles. The molecule has 0 atom stereocenters. The van der Waals surface area contributed by atoms with Crippen LogP contribution in [0.4, 0.5) is 5.69 Å². The van der Waals surface area contributed by atoms with E-state index in [-0.39, 0.29) is 0 Å². The molecule has 3 rings (SSSR count). The third-order valence-electron chi connectivity index (χ3n) is 4.36. The van der Waals surface area contributed by atoms with Crippen molar-refractivity contribution in [2.45, 2.75) is 6.92 Å². The summed E-state index contributed by atoms with van der Waals surface area (Å²) in [4.78, 5) is 0. The van der Waals surface area contributed by atoms with Crippen molar-refractivity contribution in [1.29, 1.82) is 0 Å². The molecular formula is C24H25ClN2. The summed E-state index contributed by atoms with van der Waals surface area (Å²) >= 11 is 6.86. The van der Waals surface area contributed by atoms with Crippen LogP contribution in [0.2, 0.25) is 0 Å². The predicted molar refractivity (Wildman–Crippen MR) is 118 cm³/mol. The molecule has 0 radical (unpaired) electrons. The van der Waals surface area contributed by atoms with Gasteiger partial charge in [-0.1, -0.05) is 91.3 Å². The topological polar surface area (TPSA) is 24.1 Å². The molecule has 3 aromatic rings. The number of nitrogens with one attached hydrogen (secondary N) is 2. The Labute approximate surface area is 166 Å². The van der Waals surface area contributed by atoms with E-state index in [0.717, 1.165) is 52.6 Å². The van der Waals surface area contributed by atoms with Crippen LogP contribution in [0, 0.1) is 0 Å². The normalized spacial score (nSPS) is 11.8. The Balaban J connectivity index is 1.92. The zero-order valence-corrected chi connectivity index (χ0v) is 16.3. The summed E-state index contributed by atoms with van der Waals surface area (Å²) in [7, 11) is 0. The molecule has 138 valence electrons. The first-order chi connectivity index (χ1) is 13.3. The van der Waals surface area contributed by atoms with E-state index in [4.69, 9.17) is 11.6 Å². The van der Waals surface area contributed by atoms with Crippen LogP contribution in [-0.2, 0) is 0 Å². The van der Waals surface area contributed by atoms with Crippen molar-refractivity contribution < 1.29 is 0 Å². The highest BCUT2D eigenvalue weighted by molar-refractivity contribution is 6.53. The minimum Gasteiger partial charge on any atom is -0.384 e. The van der Waals surface area contributed by atoms with E-state index in [9.17, 15) is 0 Å². The summed E-state index contributed by atoms with van der Waals surface area (Å²) in [6, 6.07) is 28.9. The van der Waals surface area contributed by atoms with Crippen molar-refractivity contribution in [2.75, 3.05) is 25.0 Å². The lowest BCUT2D eigenvalue weighted by atomic mass is 9.95. The van der Waals surface area contributed by atoms with Crippen LogP contribution in [0.15, 0.2) is 84.9 Å². The van der Waals surface area contributed by atoms with Gasteiger partial charge in [0, 0.05) is 24.4 Å². The van der Waals surface area contributed by atoms with E-state index in [0.29, 0.717) is 0 Å². The van der Waals surface area contributed by atoms with E-state index in [1.54, 1.807) is 0 Å². The van der Waals surface area contributed by atoms with Gasteiger partial charge in [0.1, 0.15) is 0 Å². The Kier molecular flexibility index (Phi) is 7.09. The number of likely N-dealkylation sites (N-methyl/N-ethyl adjacent to an activating group) is 1. The Morgan fingerprint density at radius 1 is 0.704 bits per heavy atom. The van der Waals surface area contributed by atoms with Gasteiger partial charge < -0.3 is 10.6 Å². The summed E-state index contributed by atoms with van der Waals surface area (Å²) in [6.07, 6.45) is 0.